The zero-order chi connectivity index (χ0) is 9.14. The molecule has 1 atom stereocenters. The lowest BCUT2D eigenvalue weighted by Crippen LogP contribution is -2.34. The van der Waals surface area contributed by atoms with Gasteiger partial charge in [0.05, 0.1) is 0 Å². The minimum absolute atomic E-state index is 0.0168. The molecule has 0 saturated carbocycles. The molecule has 1 unspecified atom stereocenters. The molecule has 0 aromatic rings. The Morgan fingerprint density at radius 3 is 2.33 bits per heavy atom. The predicted octanol–water partition coefficient (Wildman–Crippen LogP) is -0.460. The van der Waals surface area contributed by atoms with Crippen molar-refractivity contribution in [2.45, 2.75) is 6.92 Å². The van der Waals surface area contributed by atoms with E-state index < -0.39 is 0 Å². The summed E-state index contributed by atoms with van der Waals surface area (Å²) in [5.41, 5.74) is 0. The van der Waals surface area contributed by atoms with E-state index >= 15 is 0 Å². The largest absolute Gasteiger partial charge is 0.396 e. The van der Waals surface area contributed by atoms with Crippen LogP contribution in [0.3, 0.4) is 0 Å². The van der Waals surface area contributed by atoms with Crippen molar-refractivity contribution < 1.29 is 14.7 Å². The van der Waals surface area contributed by atoms with Crippen molar-refractivity contribution in [1.29, 1.82) is 0 Å². The molecule has 1 heterocycles. The maximum atomic E-state index is 11.0. The second kappa shape index (κ2) is 3.49. The summed E-state index contributed by atoms with van der Waals surface area (Å²) in [7, 11) is 0. The average Bonchev–Trinajstić information content (AvgIpc) is 2.35. The van der Waals surface area contributed by atoms with Gasteiger partial charge in [-0.3, -0.25) is 14.5 Å². The molecule has 1 rings (SSSR count). The van der Waals surface area contributed by atoms with Crippen LogP contribution in [0.5, 0.6) is 0 Å². The number of hydrogen-bond acceptors (Lipinski definition) is 3. The van der Waals surface area contributed by atoms with Crippen LogP contribution in [0.2, 0.25) is 0 Å². The van der Waals surface area contributed by atoms with Crippen molar-refractivity contribution in [3.8, 4) is 0 Å². The van der Waals surface area contributed by atoms with E-state index in [1.165, 1.54) is 12.2 Å². The second-order valence-electron chi connectivity index (χ2n) is 2.91. The number of carbonyl (C=O) groups is 2. The standard InChI is InChI=1S/C8H11NO3/c1-6(5-10)4-9-7(11)2-3-8(9)12/h2-3,6,10H,4-5H2,1H3. The van der Waals surface area contributed by atoms with Gasteiger partial charge in [-0.25, -0.2) is 0 Å². The van der Waals surface area contributed by atoms with Gasteiger partial charge in [0.25, 0.3) is 11.8 Å². The Morgan fingerprint density at radius 2 is 1.92 bits per heavy atom. The van der Waals surface area contributed by atoms with E-state index in [1.54, 1.807) is 6.92 Å². The van der Waals surface area contributed by atoms with Gasteiger partial charge in [-0.15, -0.1) is 0 Å². The van der Waals surface area contributed by atoms with Crippen LogP contribution in [-0.2, 0) is 9.59 Å². The van der Waals surface area contributed by atoms with Crippen LogP contribution in [0.15, 0.2) is 12.2 Å². The number of carbonyl (C=O) groups excluding carboxylic acids is 2. The number of aliphatic hydroxyl groups is 1. The van der Waals surface area contributed by atoms with Crippen molar-refractivity contribution in [1.82, 2.24) is 4.90 Å². The Kier molecular flexibility index (Phi) is 2.60. The van der Waals surface area contributed by atoms with Crippen molar-refractivity contribution >= 4 is 11.8 Å². The summed E-state index contributed by atoms with van der Waals surface area (Å²) in [4.78, 5) is 23.1. The van der Waals surface area contributed by atoms with Crippen molar-refractivity contribution in [3.63, 3.8) is 0 Å². The van der Waals surface area contributed by atoms with Gasteiger partial charge in [0.15, 0.2) is 0 Å². The van der Waals surface area contributed by atoms with E-state index in [1.807, 2.05) is 0 Å². The third-order valence-corrected chi connectivity index (χ3v) is 1.71. The number of rotatable bonds is 3. The quantitative estimate of drug-likeness (QED) is 0.581. The van der Waals surface area contributed by atoms with Crippen molar-refractivity contribution in [2.24, 2.45) is 5.92 Å². The molecule has 0 aromatic carbocycles. The highest BCUT2D eigenvalue weighted by molar-refractivity contribution is 6.12. The molecule has 4 nitrogen and oxygen atoms in total. The van der Waals surface area contributed by atoms with E-state index in [0.29, 0.717) is 6.54 Å². The summed E-state index contributed by atoms with van der Waals surface area (Å²) in [6, 6.07) is 0. The first kappa shape index (κ1) is 8.93. The normalized spacial score (nSPS) is 19.0. The summed E-state index contributed by atoms with van der Waals surface area (Å²) in [5.74, 6) is -0.640. The Hall–Kier alpha value is -1.16. The van der Waals surface area contributed by atoms with Gasteiger partial charge in [0, 0.05) is 25.3 Å². The Bertz CT molecular complexity index is 216. The number of amides is 2. The van der Waals surface area contributed by atoms with Crippen LogP contribution >= 0.6 is 0 Å². The van der Waals surface area contributed by atoms with Crippen LogP contribution in [-0.4, -0.2) is 35.0 Å². The molecule has 0 aromatic heterocycles. The van der Waals surface area contributed by atoms with E-state index in [9.17, 15) is 9.59 Å². The molecule has 2 amide bonds. The van der Waals surface area contributed by atoms with Gasteiger partial charge in [-0.2, -0.15) is 0 Å². The molecule has 1 N–H and O–H groups in total. The zero-order valence-electron chi connectivity index (χ0n) is 6.86. The van der Waals surface area contributed by atoms with Gasteiger partial charge >= 0.3 is 0 Å². The highest BCUT2D eigenvalue weighted by Crippen LogP contribution is 2.06. The Balaban J connectivity index is 2.53. The van der Waals surface area contributed by atoms with Gasteiger partial charge in [-0.1, -0.05) is 6.92 Å². The Morgan fingerprint density at radius 1 is 1.42 bits per heavy atom. The number of hydrogen-bond donors (Lipinski definition) is 1. The van der Waals surface area contributed by atoms with Gasteiger partial charge in [-0.05, 0) is 5.92 Å². The lowest BCUT2D eigenvalue weighted by molar-refractivity contribution is -0.137. The molecule has 0 fully saturated rings. The molecular formula is C8H11NO3. The molecule has 66 valence electrons. The second-order valence-corrected chi connectivity index (χ2v) is 2.91. The summed E-state index contributed by atoms with van der Waals surface area (Å²) in [6.45, 7) is 2.05. The molecule has 0 saturated heterocycles. The molecule has 0 spiro atoms. The molecule has 1 aliphatic heterocycles. The average molecular weight is 169 g/mol. The maximum absolute atomic E-state index is 11.0. The molecule has 0 aliphatic carbocycles. The smallest absolute Gasteiger partial charge is 0.253 e. The van der Waals surface area contributed by atoms with Crippen LogP contribution in [0.1, 0.15) is 6.92 Å². The molecule has 1 aliphatic rings. The highest BCUT2D eigenvalue weighted by atomic mass is 16.3. The summed E-state index contributed by atoms with van der Waals surface area (Å²) < 4.78 is 0. The maximum Gasteiger partial charge on any atom is 0.253 e. The van der Waals surface area contributed by atoms with E-state index in [2.05, 4.69) is 0 Å². The minimum atomic E-state index is -0.291. The molecule has 12 heavy (non-hydrogen) atoms. The molecule has 4 heteroatoms. The van der Waals surface area contributed by atoms with Crippen LogP contribution in [0.4, 0.5) is 0 Å². The summed E-state index contributed by atoms with van der Waals surface area (Å²) in [6.07, 6.45) is 2.48. The zero-order valence-corrected chi connectivity index (χ0v) is 6.86. The fourth-order valence-electron chi connectivity index (χ4n) is 0.980. The predicted molar refractivity (Wildman–Crippen MR) is 42.1 cm³/mol. The number of nitrogens with zero attached hydrogens (tertiary/aromatic N) is 1. The van der Waals surface area contributed by atoms with Gasteiger partial charge in [0.2, 0.25) is 0 Å². The molecule has 0 bridgehead atoms. The first-order valence-corrected chi connectivity index (χ1v) is 3.79. The monoisotopic (exact) mass is 169 g/mol. The first-order chi connectivity index (χ1) is 5.65. The number of aliphatic hydroxyl groups excluding tert-OH is 1. The SMILES string of the molecule is CC(CO)CN1C(=O)C=CC1=O. The fourth-order valence-corrected chi connectivity index (χ4v) is 0.980. The number of imide groups is 1. The molecular weight excluding hydrogens is 158 g/mol. The lowest BCUT2D eigenvalue weighted by atomic mass is 10.2. The van der Waals surface area contributed by atoms with E-state index in [0.717, 1.165) is 4.90 Å². The van der Waals surface area contributed by atoms with Crippen LogP contribution in [0.25, 0.3) is 0 Å². The third-order valence-electron chi connectivity index (χ3n) is 1.71. The van der Waals surface area contributed by atoms with Crippen molar-refractivity contribution in [3.05, 3.63) is 12.2 Å². The molecule has 0 radical (unpaired) electrons. The third kappa shape index (κ3) is 1.71. The minimum Gasteiger partial charge on any atom is -0.396 e. The van der Waals surface area contributed by atoms with Crippen LogP contribution in [0, 0.1) is 5.92 Å². The summed E-state index contributed by atoms with van der Waals surface area (Å²) >= 11 is 0. The van der Waals surface area contributed by atoms with E-state index in [-0.39, 0.29) is 24.3 Å². The first-order valence-electron chi connectivity index (χ1n) is 3.79. The van der Waals surface area contributed by atoms with Gasteiger partial charge < -0.3 is 5.11 Å². The fraction of sp³-hybridized carbons (Fsp3) is 0.500. The summed E-state index contributed by atoms with van der Waals surface area (Å²) in [5, 5.41) is 8.70. The topological polar surface area (TPSA) is 57.6 Å². The van der Waals surface area contributed by atoms with Crippen molar-refractivity contribution in [2.75, 3.05) is 13.2 Å². The lowest BCUT2D eigenvalue weighted by Gasteiger charge is -2.16. The Labute approximate surface area is 70.5 Å². The van der Waals surface area contributed by atoms with Gasteiger partial charge in [0.1, 0.15) is 0 Å². The highest BCUT2D eigenvalue weighted by Gasteiger charge is 2.24. The van der Waals surface area contributed by atoms with Crippen LogP contribution < -0.4 is 0 Å². The van der Waals surface area contributed by atoms with E-state index in [4.69, 9.17) is 5.11 Å².